The summed E-state index contributed by atoms with van der Waals surface area (Å²) in [7, 11) is 0. The molecule has 0 saturated heterocycles. The van der Waals surface area contributed by atoms with Crippen molar-refractivity contribution in [3.8, 4) is 0 Å². The second-order valence-electron chi connectivity index (χ2n) is 2.02. The standard InChI is InChI=1S/C7H5N2S/c1-5-8-4-7-6(9-5)2-3-10-7/h2-3H,1H3. The molecule has 0 amide bonds. The topological polar surface area (TPSA) is 25.8 Å². The van der Waals surface area contributed by atoms with Gasteiger partial charge in [0.1, 0.15) is 12.0 Å². The van der Waals surface area contributed by atoms with E-state index in [0.717, 1.165) is 16.0 Å². The molecule has 0 N–H and O–H groups in total. The molecule has 0 saturated carbocycles. The highest BCUT2D eigenvalue weighted by Crippen LogP contribution is 2.15. The first-order chi connectivity index (χ1) is 4.86. The Morgan fingerprint density at radius 2 is 2.50 bits per heavy atom. The summed E-state index contributed by atoms with van der Waals surface area (Å²) < 4.78 is 1.03. The maximum atomic E-state index is 4.20. The molecule has 0 aliphatic rings. The highest BCUT2D eigenvalue weighted by atomic mass is 32.1. The van der Waals surface area contributed by atoms with Gasteiger partial charge < -0.3 is 0 Å². The number of hydrogen-bond donors (Lipinski definition) is 0. The molecule has 2 heterocycles. The fourth-order valence-electron chi connectivity index (χ4n) is 0.805. The summed E-state index contributed by atoms with van der Waals surface area (Å²) in [5.74, 6) is 0.783. The van der Waals surface area contributed by atoms with E-state index in [4.69, 9.17) is 0 Å². The first-order valence-corrected chi connectivity index (χ1v) is 3.84. The van der Waals surface area contributed by atoms with Gasteiger partial charge >= 0.3 is 0 Å². The Labute approximate surface area is 62.6 Å². The molecule has 0 bridgehead atoms. The molecule has 3 heteroatoms. The van der Waals surface area contributed by atoms with E-state index in [2.05, 4.69) is 16.2 Å². The van der Waals surface area contributed by atoms with Crippen LogP contribution in [0.25, 0.3) is 10.2 Å². The van der Waals surface area contributed by atoms with Crippen LogP contribution in [0.1, 0.15) is 5.82 Å². The Morgan fingerprint density at radius 3 is 3.40 bits per heavy atom. The molecular weight excluding hydrogens is 144 g/mol. The lowest BCUT2D eigenvalue weighted by atomic mass is 10.5. The molecule has 0 aromatic carbocycles. The summed E-state index contributed by atoms with van der Waals surface area (Å²) in [5, 5.41) is 2.00. The van der Waals surface area contributed by atoms with E-state index in [0.29, 0.717) is 0 Å². The number of fused-ring (bicyclic) bond motifs is 1. The largest absolute Gasteiger partial charge is 0.232 e. The van der Waals surface area contributed by atoms with Crippen LogP contribution < -0.4 is 0 Å². The summed E-state index contributed by atoms with van der Waals surface area (Å²) in [6.45, 7) is 1.87. The van der Waals surface area contributed by atoms with Crippen LogP contribution in [0.4, 0.5) is 0 Å². The zero-order chi connectivity index (χ0) is 6.97. The molecule has 0 atom stereocenters. The molecule has 0 aliphatic heterocycles. The molecule has 0 spiro atoms. The second kappa shape index (κ2) is 2.02. The predicted octanol–water partition coefficient (Wildman–Crippen LogP) is 1.80. The number of hydrogen-bond acceptors (Lipinski definition) is 3. The first kappa shape index (κ1) is 5.80. The summed E-state index contributed by atoms with van der Waals surface area (Å²) in [5.41, 5.74) is 0.998. The third kappa shape index (κ3) is 0.789. The Balaban J connectivity index is 2.86. The number of thiophene rings is 1. The van der Waals surface area contributed by atoms with Gasteiger partial charge in [-0.05, 0) is 18.4 Å². The first-order valence-electron chi connectivity index (χ1n) is 2.96. The quantitative estimate of drug-likeness (QED) is 0.570. The lowest BCUT2D eigenvalue weighted by molar-refractivity contribution is 1.09. The van der Waals surface area contributed by atoms with Crippen molar-refractivity contribution >= 4 is 21.6 Å². The smallest absolute Gasteiger partial charge is 0.126 e. The van der Waals surface area contributed by atoms with E-state index in [-0.39, 0.29) is 0 Å². The SMILES string of the molecule is Cc1n[c]c2sccc2n1. The minimum atomic E-state index is 0.783. The number of aryl methyl sites for hydroxylation is 1. The minimum Gasteiger partial charge on any atom is -0.232 e. The molecule has 10 heavy (non-hydrogen) atoms. The van der Waals surface area contributed by atoms with Crippen LogP contribution in [0.15, 0.2) is 11.4 Å². The fourth-order valence-corrected chi connectivity index (χ4v) is 1.47. The Morgan fingerprint density at radius 1 is 1.60 bits per heavy atom. The van der Waals surface area contributed by atoms with Crippen LogP contribution in [-0.2, 0) is 0 Å². The van der Waals surface area contributed by atoms with Crippen LogP contribution >= 0.6 is 11.3 Å². The number of rotatable bonds is 0. The normalized spacial score (nSPS) is 10.5. The van der Waals surface area contributed by atoms with Gasteiger partial charge in [0.25, 0.3) is 0 Å². The molecule has 0 fully saturated rings. The highest BCUT2D eigenvalue weighted by molar-refractivity contribution is 7.17. The summed E-state index contributed by atoms with van der Waals surface area (Å²) in [4.78, 5) is 8.16. The van der Waals surface area contributed by atoms with Gasteiger partial charge in [-0.1, -0.05) is 0 Å². The van der Waals surface area contributed by atoms with E-state index in [1.807, 2.05) is 18.4 Å². The zero-order valence-corrected chi connectivity index (χ0v) is 6.27. The molecule has 1 radical (unpaired) electrons. The summed E-state index contributed by atoms with van der Waals surface area (Å²) >= 11 is 1.62. The van der Waals surface area contributed by atoms with E-state index in [1.54, 1.807) is 11.3 Å². The predicted molar refractivity (Wildman–Crippen MR) is 41.0 cm³/mol. The van der Waals surface area contributed by atoms with Crippen LogP contribution in [0.3, 0.4) is 0 Å². The average Bonchev–Trinajstić information content (AvgIpc) is 2.33. The van der Waals surface area contributed by atoms with E-state index < -0.39 is 0 Å². The molecule has 49 valence electrons. The van der Waals surface area contributed by atoms with Crippen LogP contribution in [0.2, 0.25) is 0 Å². The molecule has 2 nitrogen and oxygen atoms in total. The Bertz CT molecular complexity index is 353. The molecule has 0 aliphatic carbocycles. The van der Waals surface area contributed by atoms with Gasteiger partial charge in [-0.15, -0.1) is 11.3 Å². The summed E-state index contributed by atoms with van der Waals surface area (Å²) in [6, 6.07) is 1.98. The van der Waals surface area contributed by atoms with Crippen molar-refractivity contribution in [3.63, 3.8) is 0 Å². The van der Waals surface area contributed by atoms with E-state index >= 15 is 0 Å². The zero-order valence-electron chi connectivity index (χ0n) is 5.46. The highest BCUT2D eigenvalue weighted by Gasteiger charge is 1.95. The van der Waals surface area contributed by atoms with Gasteiger partial charge in [0, 0.05) is 0 Å². The van der Waals surface area contributed by atoms with Gasteiger partial charge in [-0.25, -0.2) is 9.97 Å². The monoisotopic (exact) mass is 149 g/mol. The third-order valence-electron chi connectivity index (χ3n) is 1.25. The van der Waals surface area contributed by atoms with Crippen molar-refractivity contribution in [2.24, 2.45) is 0 Å². The molecular formula is C7H5N2S. The van der Waals surface area contributed by atoms with Crippen molar-refractivity contribution in [2.75, 3.05) is 0 Å². The maximum absolute atomic E-state index is 4.20. The van der Waals surface area contributed by atoms with Gasteiger partial charge in [0.15, 0.2) is 0 Å². The second-order valence-corrected chi connectivity index (χ2v) is 2.93. The van der Waals surface area contributed by atoms with Gasteiger partial charge in [0.2, 0.25) is 0 Å². The van der Waals surface area contributed by atoms with Crippen molar-refractivity contribution in [2.45, 2.75) is 6.92 Å². The van der Waals surface area contributed by atoms with Gasteiger partial charge in [-0.3, -0.25) is 0 Å². The van der Waals surface area contributed by atoms with Crippen molar-refractivity contribution in [1.82, 2.24) is 9.97 Å². The molecule has 2 rings (SSSR count). The third-order valence-corrected chi connectivity index (χ3v) is 2.05. The van der Waals surface area contributed by atoms with Crippen LogP contribution in [-0.4, -0.2) is 9.97 Å². The maximum Gasteiger partial charge on any atom is 0.126 e. The van der Waals surface area contributed by atoms with Crippen LogP contribution in [0, 0.1) is 13.1 Å². The summed E-state index contributed by atoms with van der Waals surface area (Å²) in [6.07, 6.45) is 2.91. The average molecular weight is 149 g/mol. The van der Waals surface area contributed by atoms with E-state index in [1.165, 1.54) is 0 Å². The van der Waals surface area contributed by atoms with Crippen molar-refractivity contribution < 1.29 is 0 Å². The lowest BCUT2D eigenvalue weighted by Crippen LogP contribution is -1.83. The van der Waals surface area contributed by atoms with Crippen LogP contribution in [0.5, 0.6) is 0 Å². The number of aromatic nitrogens is 2. The van der Waals surface area contributed by atoms with Crippen molar-refractivity contribution in [1.29, 1.82) is 0 Å². The fraction of sp³-hybridized carbons (Fsp3) is 0.143. The van der Waals surface area contributed by atoms with Crippen molar-refractivity contribution in [3.05, 3.63) is 23.5 Å². The molecule has 0 unspecified atom stereocenters. The Kier molecular flexibility index (Phi) is 1.17. The Hall–Kier alpha value is -0.960. The van der Waals surface area contributed by atoms with Gasteiger partial charge in [-0.2, -0.15) is 0 Å². The number of nitrogens with zero attached hydrogens (tertiary/aromatic N) is 2. The lowest BCUT2D eigenvalue weighted by Gasteiger charge is -1.87. The molecule has 2 aromatic heterocycles. The van der Waals surface area contributed by atoms with Gasteiger partial charge in [0.05, 0.1) is 10.2 Å². The minimum absolute atomic E-state index is 0.783. The molecule has 2 aromatic rings. The van der Waals surface area contributed by atoms with E-state index in [9.17, 15) is 0 Å².